The van der Waals surface area contributed by atoms with Crippen molar-refractivity contribution in [2.75, 3.05) is 33.4 Å². The number of hydrogen-bond acceptors (Lipinski definition) is 3. The van der Waals surface area contributed by atoms with Crippen LogP contribution in [0.15, 0.2) is 30.8 Å². The first-order valence-electron chi connectivity index (χ1n) is 7.23. The molecule has 1 aromatic heterocycles. The molecule has 106 valence electrons. The first-order valence-corrected chi connectivity index (χ1v) is 7.23. The van der Waals surface area contributed by atoms with Gasteiger partial charge in [0.25, 0.3) is 0 Å². The van der Waals surface area contributed by atoms with Crippen LogP contribution in [-0.4, -0.2) is 43.2 Å². The van der Waals surface area contributed by atoms with E-state index >= 15 is 0 Å². The predicted octanol–water partition coefficient (Wildman–Crippen LogP) is 2.71. The first-order chi connectivity index (χ1) is 9.64. The Morgan fingerprint density at radius 3 is 3.10 bits per heavy atom. The van der Waals surface area contributed by atoms with Crippen LogP contribution in [0.3, 0.4) is 0 Å². The van der Waals surface area contributed by atoms with Gasteiger partial charge in [0.1, 0.15) is 0 Å². The van der Waals surface area contributed by atoms with Crippen molar-refractivity contribution >= 4 is 5.57 Å². The summed E-state index contributed by atoms with van der Waals surface area (Å²) < 4.78 is 5.84. The van der Waals surface area contributed by atoms with Crippen molar-refractivity contribution in [1.29, 1.82) is 0 Å². The Morgan fingerprint density at radius 2 is 2.40 bits per heavy atom. The largest absolute Gasteiger partial charge is 0.380 e. The van der Waals surface area contributed by atoms with Crippen molar-refractivity contribution in [2.24, 2.45) is 5.41 Å². The summed E-state index contributed by atoms with van der Waals surface area (Å²) in [6.07, 6.45) is 5.11. The van der Waals surface area contributed by atoms with E-state index in [1.807, 2.05) is 19.3 Å². The maximum absolute atomic E-state index is 5.84. The summed E-state index contributed by atoms with van der Waals surface area (Å²) in [4.78, 5) is 6.82. The molecule has 0 amide bonds. The van der Waals surface area contributed by atoms with Crippen LogP contribution in [0.5, 0.6) is 0 Å². The van der Waals surface area contributed by atoms with Crippen LogP contribution in [0, 0.1) is 5.41 Å². The highest BCUT2D eigenvalue weighted by Gasteiger charge is 2.48. The second-order valence-electron chi connectivity index (χ2n) is 6.23. The Kier molecular flexibility index (Phi) is 3.51. The van der Waals surface area contributed by atoms with Gasteiger partial charge in [-0.15, -0.1) is 5.73 Å². The second kappa shape index (κ2) is 5.17. The molecule has 0 N–H and O–H groups in total. The lowest BCUT2D eigenvalue weighted by molar-refractivity contribution is 0.154. The average Bonchev–Trinajstić information content (AvgIpc) is 3.05. The fourth-order valence-electron chi connectivity index (χ4n) is 3.57. The fourth-order valence-corrected chi connectivity index (χ4v) is 3.57. The maximum Gasteiger partial charge on any atom is 0.0542 e. The average molecular weight is 270 g/mol. The van der Waals surface area contributed by atoms with E-state index < -0.39 is 0 Å². The molecule has 3 rings (SSSR count). The molecule has 3 nitrogen and oxygen atoms in total. The molecule has 2 unspecified atom stereocenters. The molecule has 3 heteroatoms. The minimum absolute atomic E-state index is 0.279. The maximum atomic E-state index is 5.84. The number of hydrogen-bond donors (Lipinski definition) is 0. The monoisotopic (exact) mass is 270 g/mol. The zero-order valence-electron chi connectivity index (χ0n) is 12.4. The molecule has 0 aliphatic carbocycles. The summed E-state index contributed by atoms with van der Waals surface area (Å²) in [5, 5.41) is 0. The highest BCUT2D eigenvalue weighted by molar-refractivity contribution is 5.62. The van der Waals surface area contributed by atoms with E-state index in [2.05, 4.69) is 35.3 Å². The molecule has 2 atom stereocenters. The summed E-state index contributed by atoms with van der Waals surface area (Å²) in [7, 11) is 2.20. The summed E-state index contributed by atoms with van der Waals surface area (Å²) in [6.45, 7) is 9.73. The minimum Gasteiger partial charge on any atom is -0.380 e. The van der Waals surface area contributed by atoms with Crippen molar-refractivity contribution in [3.63, 3.8) is 0 Å². The lowest BCUT2D eigenvalue weighted by atomic mass is 9.74. The molecule has 20 heavy (non-hydrogen) atoms. The van der Waals surface area contributed by atoms with Crippen LogP contribution in [-0.2, 0) is 4.74 Å². The summed E-state index contributed by atoms with van der Waals surface area (Å²) in [5.74, 6) is 0.456. The van der Waals surface area contributed by atoms with Crippen LogP contribution in [0.2, 0.25) is 0 Å². The standard InChI is InChI=1S/C17H22N2O/c1-4-13(2)14-7-15(9-18-8-14)16-10-20-12-17(16)5-6-19(3)11-17/h7-9,16H,1,5-6,10-12H2,2-3H3. The van der Waals surface area contributed by atoms with Gasteiger partial charge >= 0.3 is 0 Å². The molecular formula is C17H22N2O. The van der Waals surface area contributed by atoms with Crippen molar-refractivity contribution in [2.45, 2.75) is 19.3 Å². The molecule has 0 bridgehead atoms. The molecule has 0 aromatic carbocycles. The Balaban J connectivity index is 1.94. The predicted molar refractivity (Wildman–Crippen MR) is 80.6 cm³/mol. The van der Waals surface area contributed by atoms with Crippen LogP contribution in [0.1, 0.15) is 30.4 Å². The molecule has 3 heterocycles. The summed E-state index contributed by atoms with van der Waals surface area (Å²) >= 11 is 0. The van der Waals surface area contributed by atoms with Gasteiger partial charge in [-0.3, -0.25) is 4.98 Å². The molecular weight excluding hydrogens is 248 g/mol. The van der Waals surface area contributed by atoms with E-state index in [1.165, 1.54) is 18.5 Å². The zero-order valence-corrected chi connectivity index (χ0v) is 12.4. The molecule has 1 aromatic rings. The third-order valence-corrected chi connectivity index (χ3v) is 4.85. The van der Waals surface area contributed by atoms with Gasteiger partial charge in [0.2, 0.25) is 0 Å². The molecule has 2 aliphatic heterocycles. The van der Waals surface area contributed by atoms with Crippen molar-refractivity contribution in [3.8, 4) is 0 Å². The third-order valence-electron chi connectivity index (χ3n) is 4.85. The van der Waals surface area contributed by atoms with Crippen LogP contribution in [0.4, 0.5) is 0 Å². The number of ether oxygens (including phenoxy) is 1. The van der Waals surface area contributed by atoms with Crippen LogP contribution in [0.25, 0.3) is 5.57 Å². The molecule has 0 radical (unpaired) electrons. The fraction of sp³-hybridized carbons (Fsp3) is 0.529. The summed E-state index contributed by atoms with van der Waals surface area (Å²) in [5.41, 5.74) is 6.70. The van der Waals surface area contributed by atoms with Gasteiger partial charge in [0.15, 0.2) is 0 Å². The van der Waals surface area contributed by atoms with Gasteiger partial charge in [0, 0.05) is 35.8 Å². The normalized spacial score (nSPS) is 29.8. The Morgan fingerprint density at radius 1 is 1.55 bits per heavy atom. The number of nitrogens with zero attached hydrogens (tertiary/aromatic N) is 2. The first kappa shape index (κ1) is 13.6. The smallest absolute Gasteiger partial charge is 0.0542 e. The van der Waals surface area contributed by atoms with E-state index in [0.717, 1.165) is 30.9 Å². The SMILES string of the molecule is C=C=C(C)c1cncc(C2COCC23CCN(C)C3)c1. The Bertz CT molecular complexity index is 562. The molecule has 0 saturated carbocycles. The topological polar surface area (TPSA) is 25.4 Å². The van der Waals surface area contributed by atoms with E-state index in [4.69, 9.17) is 4.74 Å². The van der Waals surface area contributed by atoms with E-state index in [1.54, 1.807) is 0 Å². The van der Waals surface area contributed by atoms with Gasteiger partial charge in [-0.25, -0.2) is 0 Å². The van der Waals surface area contributed by atoms with Crippen molar-refractivity contribution in [1.82, 2.24) is 9.88 Å². The van der Waals surface area contributed by atoms with Crippen LogP contribution < -0.4 is 0 Å². The highest BCUT2D eigenvalue weighted by atomic mass is 16.5. The van der Waals surface area contributed by atoms with E-state index in [0.29, 0.717) is 5.92 Å². The van der Waals surface area contributed by atoms with Gasteiger partial charge < -0.3 is 9.64 Å². The number of rotatable bonds is 2. The number of likely N-dealkylation sites (tertiary alicyclic amines) is 1. The quantitative estimate of drug-likeness (QED) is 0.773. The second-order valence-corrected chi connectivity index (χ2v) is 6.23. The third kappa shape index (κ3) is 2.22. The van der Waals surface area contributed by atoms with Gasteiger partial charge in [-0.1, -0.05) is 6.58 Å². The lowest BCUT2D eigenvalue weighted by Crippen LogP contribution is -2.31. The molecule has 1 spiro atoms. The van der Waals surface area contributed by atoms with Gasteiger partial charge in [0.05, 0.1) is 13.2 Å². The molecule has 2 saturated heterocycles. The summed E-state index contributed by atoms with van der Waals surface area (Å²) in [6, 6.07) is 2.24. The number of allylic oxidation sites excluding steroid dienone is 1. The number of aromatic nitrogens is 1. The minimum atomic E-state index is 0.279. The van der Waals surface area contributed by atoms with E-state index in [-0.39, 0.29) is 5.41 Å². The molecule has 2 aliphatic rings. The van der Waals surface area contributed by atoms with Gasteiger partial charge in [-0.05, 0) is 44.1 Å². The highest BCUT2D eigenvalue weighted by Crippen LogP contribution is 2.47. The molecule has 2 fully saturated rings. The Labute approximate surface area is 121 Å². The van der Waals surface area contributed by atoms with Crippen molar-refractivity contribution in [3.05, 3.63) is 41.9 Å². The van der Waals surface area contributed by atoms with Gasteiger partial charge in [-0.2, -0.15) is 0 Å². The Hall–Kier alpha value is -1.41. The number of pyridine rings is 1. The lowest BCUT2D eigenvalue weighted by Gasteiger charge is -2.29. The zero-order chi connectivity index (χ0) is 14.2. The van der Waals surface area contributed by atoms with E-state index in [9.17, 15) is 0 Å². The van der Waals surface area contributed by atoms with Crippen LogP contribution >= 0.6 is 0 Å². The van der Waals surface area contributed by atoms with Crippen molar-refractivity contribution < 1.29 is 4.74 Å².